The van der Waals surface area contributed by atoms with E-state index in [4.69, 9.17) is 0 Å². The van der Waals surface area contributed by atoms with E-state index in [1.165, 1.54) is 12.1 Å². The Morgan fingerprint density at radius 1 is 0.944 bits per heavy atom. The lowest BCUT2D eigenvalue weighted by Gasteiger charge is -2.17. The van der Waals surface area contributed by atoms with Crippen molar-refractivity contribution < 1.29 is 13.2 Å². The summed E-state index contributed by atoms with van der Waals surface area (Å²) in [7, 11) is 0. The first-order valence-corrected chi connectivity index (χ1v) is 6.24. The second kappa shape index (κ2) is 7.41. The topological polar surface area (TPSA) is 12.0 Å². The van der Waals surface area contributed by atoms with Crippen molar-refractivity contribution >= 4 is 0 Å². The molecule has 0 aromatic heterocycles. The zero-order valence-electron chi connectivity index (χ0n) is 11.6. The molecule has 1 aromatic carbocycles. The zero-order valence-corrected chi connectivity index (χ0v) is 11.6. The van der Waals surface area contributed by atoms with Gasteiger partial charge in [-0.3, -0.25) is 0 Å². The third kappa shape index (κ3) is 5.54. The minimum absolute atomic E-state index is 0.0577. The number of rotatable bonds is 3. The number of alkyl halides is 3. The Kier molecular flexibility index (Phi) is 6.99. The van der Waals surface area contributed by atoms with Crippen molar-refractivity contribution in [2.24, 2.45) is 0 Å². The first-order valence-electron chi connectivity index (χ1n) is 6.24. The highest BCUT2D eigenvalue weighted by Crippen LogP contribution is 2.29. The standard InChI is InChI=1S/C12H16F3N.C2H6/c1-8(2)16-9(3)10-4-6-11(7-5-10)12(13,14)15;1-2/h4-9,16H,1-3H3;1-2H3. The summed E-state index contributed by atoms with van der Waals surface area (Å²) < 4.78 is 36.9. The van der Waals surface area contributed by atoms with Gasteiger partial charge in [-0.2, -0.15) is 13.2 Å². The third-order valence-corrected chi connectivity index (χ3v) is 2.32. The van der Waals surface area contributed by atoms with Crippen molar-refractivity contribution in [1.82, 2.24) is 5.32 Å². The summed E-state index contributed by atoms with van der Waals surface area (Å²) in [5.41, 5.74) is 0.259. The van der Waals surface area contributed by atoms with E-state index in [2.05, 4.69) is 5.32 Å². The lowest BCUT2D eigenvalue weighted by atomic mass is 10.1. The largest absolute Gasteiger partial charge is 0.416 e. The van der Waals surface area contributed by atoms with Crippen molar-refractivity contribution in [2.75, 3.05) is 0 Å². The molecule has 4 heteroatoms. The Morgan fingerprint density at radius 2 is 1.39 bits per heavy atom. The molecular weight excluding hydrogens is 239 g/mol. The van der Waals surface area contributed by atoms with Gasteiger partial charge in [-0.05, 0) is 24.6 Å². The van der Waals surface area contributed by atoms with Crippen LogP contribution in [0.5, 0.6) is 0 Å². The van der Waals surface area contributed by atoms with Crippen LogP contribution in [-0.4, -0.2) is 6.04 Å². The molecule has 1 N–H and O–H groups in total. The average molecular weight is 261 g/mol. The lowest BCUT2D eigenvalue weighted by Crippen LogP contribution is -2.26. The van der Waals surface area contributed by atoms with E-state index in [1.54, 1.807) is 0 Å². The Bertz CT molecular complexity index is 328. The fourth-order valence-electron chi connectivity index (χ4n) is 1.56. The number of hydrogen-bond acceptors (Lipinski definition) is 1. The molecule has 0 saturated heterocycles. The van der Waals surface area contributed by atoms with Crippen LogP contribution in [0.3, 0.4) is 0 Å². The number of halogens is 3. The van der Waals surface area contributed by atoms with E-state index in [-0.39, 0.29) is 6.04 Å². The van der Waals surface area contributed by atoms with Crippen LogP contribution in [0, 0.1) is 0 Å². The monoisotopic (exact) mass is 261 g/mol. The molecule has 0 fully saturated rings. The maximum absolute atomic E-state index is 12.3. The molecule has 0 radical (unpaired) electrons. The van der Waals surface area contributed by atoms with Gasteiger partial charge in [0.25, 0.3) is 0 Å². The minimum atomic E-state index is -4.26. The summed E-state index contributed by atoms with van der Waals surface area (Å²) in [5.74, 6) is 0. The van der Waals surface area contributed by atoms with Crippen LogP contribution in [0.2, 0.25) is 0 Å². The molecule has 104 valence electrons. The van der Waals surface area contributed by atoms with Gasteiger partial charge >= 0.3 is 6.18 Å². The highest BCUT2D eigenvalue weighted by molar-refractivity contribution is 5.26. The van der Waals surface area contributed by atoms with Crippen LogP contribution in [-0.2, 0) is 6.18 Å². The SMILES string of the molecule is CC.CC(C)NC(C)c1ccc(C(F)(F)F)cc1. The molecule has 0 aliphatic carbocycles. The van der Waals surface area contributed by atoms with Gasteiger partial charge in [0.05, 0.1) is 5.56 Å². The second-order valence-corrected chi connectivity index (χ2v) is 4.16. The highest BCUT2D eigenvalue weighted by Gasteiger charge is 2.30. The first-order chi connectivity index (χ1) is 8.30. The predicted molar refractivity (Wildman–Crippen MR) is 69.5 cm³/mol. The minimum Gasteiger partial charge on any atom is -0.308 e. The third-order valence-electron chi connectivity index (χ3n) is 2.32. The van der Waals surface area contributed by atoms with Crippen molar-refractivity contribution in [1.29, 1.82) is 0 Å². The molecule has 1 atom stereocenters. The summed E-state index contributed by atoms with van der Waals surface area (Å²) >= 11 is 0. The summed E-state index contributed by atoms with van der Waals surface area (Å²) in [6.45, 7) is 9.93. The van der Waals surface area contributed by atoms with E-state index in [0.29, 0.717) is 6.04 Å². The molecule has 0 heterocycles. The number of benzene rings is 1. The summed E-state index contributed by atoms with van der Waals surface area (Å²) in [4.78, 5) is 0. The van der Waals surface area contributed by atoms with E-state index in [1.807, 2.05) is 34.6 Å². The van der Waals surface area contributed by atoms with Gasteiger partial charge in [0.1, 0.15) is 0 Å². The van der Waals surface area contributed by atoms with Gasteiger partial charge < -0.3 is 5.32 Å². The molecule has 0 bridgehead atoms. The maximum Gasteiger partial charge on any atom is 0.416 e. The van der Waals surface area contributed by atoms with Gasteiger partial charge in [-0.25, -0.2) is 0 Å². The molecule has 0 saturated carbocycles. The molecule has 1 nitrogen and oxygen atoms in total. The van der Waals surface area contributed by atoms with Crippen LogP contribution in [0.1, 0.15) is 51.8 Å². The predicted octanol–water partition coefficient (Wildman–Crippen LogP) is 4.79. The van der Waals surface area contributed by atoms with Gasteiger partial charge in [0.15, 0.2) is 0 Å². The number of hydrogen-bond donors (Lipinski definition) is 1. The van der Waals surface area contributed by atoms with Gasteiger partial charge in [-0.15, -0.1) is 0 Å². The van der Waals surface area contributed by atoms with Crippen LogP contribution in [0.25, 0.3) is 0 Å². The van der Waals surface area contributed by atoms with Gasteiger partial charge in [0, 0.05) is 12.1 Å². The number of nitrogens with one attached hydrogen (secondary N) is 1. The molecule has 1 unspecified atom stereocenters. The normalized spacial score (nSPS) is 12.9. The molecule has 18 heavy (non-hydrogen) atoms. The summed E-state index contributed by atoms with van der Waals surface area (Å²) in [5, 5.41) is 3.24. The molecule has 0 spiro atoms. The molecule has 0 aliphatic rings. The van der Waals surface area contributed by atoms with Gasteiger partial charge in [-0.1, -0.05) is 39.8 Å². The van der Waals surface area contributed by atoms with Crippen molar-refractivity contribution in [3.63, 3.8) is 0 Å². The molecule has 0 amide bonds. The Labute approximate surface area is 107 Å². The fraction of sp³-hybridized carbons (Fsp3) is 0.571. The molecule has 0 aliphatic heterocycles. The zero-order chi connectivity index (χ0) is 14.3. The highest BCUT2D eigenvalue weighted by atomic mass is 19.4. The van der Waals surface area contributed by atoms with E-state index in [9.17, 15) is 13.2 Å². The van der Waals surface area contributed by atoms with Crippen LogP contribution >= 0.6 is 0 Å². The van der Waals surface area contributed by atoms with Crippen LogP contribution in [0.4, 0.5) is 13.2 Å². The summed E-state index contributed by atoms with van der Waals surface area (Å²) in [6.07, 6.45) is -4.26. The van der Waals surface area contributed by atoms with Gasteiger partial charge in [0.2, 0.25) is 0 Å². The smallest absolute Gasteiger partial charge is 0.308 e. The van der Waals surface area contributed by atoms with E-state index >= 15 is 0 Å². The Morgan fingerprint density at radius 3 is 1.72 bits per heavy atom. The van der Waals surface area contributed by atoms with Crippen molar-refractivity contribution in [3.05, 3.63) is 35.4 Å². The Hall–Kier alpha value is -1.03. The van der Waals surface area contributed by atoms with Crippen LogP contribution < -0.4 is 5.32 Å². The van der Waals surface area contributed by atoms with Crippen molar-refractivity contribution in [3.8, 4) is 0 Å². The second-order valence-electron chi connectivity index (χ2n) is 4.16. The maximum atomic E-state index is 12.3. The average Bonchev–Trinajstić information content (AvgIpc) is 2.30. The van der Waals surface area contributed by atoms with Crippen LogP contribution in [0.15, 0.2) is 24.3 Å². The lowest BCUT2D eigenvalue weighted by molar-refractivity contribution is -0.137. The fourth-order valence-corrected chi connectivity index (χ4v) is 1.56. The summed E-state index contributed by atoms with van der Waals surface area (Å²) in [6, 6.07) is 5.63. The van der Waals surface area contributed by atoms with Crippen molar-refractivity contribution in [2.45, 2.75) is 52.9 Å². The first kappa shape index (κ1) is 17.0. The quantitative estimate of drug-likeness (QED) is 0.824. The molecule has 1 rings (SSSR count). The Balaban J connectivity index is 0.00000137. The van der Waals surface area contributed by atoms with E-state index < -0.39 is 11.7 Å². The van der Waals surface area contributed by atoms with E-state index in [0.717, 1.165) is 17.7 Å². The molecular formula is C14H22F3N. The molecule has 1 aromatic rings.